The van der Waals surface area contributed by atoms with E-state index >= 15 is 0 Å². The van der Waals surface area contributed by atoms with Gasteiger partial charge in [-0.25, -0.2) is 4.39 Å². The second kappa shape index (κ2) is 4.41. The maximum Gasteiger partial charge on any atom is 0.130 e. The third kappa shape index (κ3) is 2.29. The van der Waals surface area contributed by atoms with Crippen LogP contribution in [0, 0.1) is 5.82 Å². The molecular weight excluding hydrogens is 237 g/mol. The van der Waals surface area contributed by atoms with Crippen LogP contribution in [0.25, 0.3) is 0 Å². The molecule has 1 aliphatic rings. The smallest absolute Gasteiger partial charge is 0.130 e. The summed E-state index contributed by atoms with van der Waals surface area (Å²) in [6, 6.07) is 7.36. The van der Waals surface area contributed by atoms with Gasteiger partial charge in [-0.1, -0.05) is 16.6 Å². The molecule has 1 saturated carbocycles. The molecular formula is C12H12FN3S. The van der Waals surface area contributed by atoms with Crippen LogP contribution in [0.5, 0.6) is 0 Å². The fourth-order valence-corrected chi connectivity index (χ4v) is 2.70. The highest BCUT2D eigenvalue weighted by molar-refractivity contribution is 7.09. The molecule has 0 bridgehead atoms. The Hall–Kier alpha value is -1.49. The Morgan fingerprint density at radius 3 is 2.94 bits per heavy atom. The Labute approximate surface area is 103 Å². The van der Waals surface area contributed by atoms with E-state index in [1.54, 1.807) is 18.3 Å². The second-order valence-electron chi connectivity index (χ2n) is 4.35. The van der Waals surface area contributed by atoms with Crippen LogP contribution in [0.2, 0.25) is 0 Å². The van der Waals surface area contributed by atoms with Crippen molar-refractivity contribution in [3.05, 3.63) is 41.8 Å². The molecule has 2 aromatic rings. The number of hydrogen-bond acceptors (Lipinski definition) is 4. The third-order valence-electron chi connectivity index (χ3n) is 3.17. The van der Waals surface area contributed by atoms with E-state index in [1.165, 1.54) is 17.6 Å². The first-order valence-electron chi connectivity index (χ1n) is 5.60. The van der Waals surface area contributed by atoms with Gasteiger partial charge in [0, 0.05) is 17.6 Å². The quantitative estimate of drug-likeness (QED) is 0.908. The molecule has 1 N–H and O–H groups in total. The molecule has 0 spiro atoms. The van der Waals surface area contributed by atoms with Gasteiger partial charge in [-0.2, -0.15) is 0 Å². The molecule has 5 heteroatoms. The Bertz CT molecular complexity index is 494. The fraction of sp³-hybridized carbons (Fsp3) is 0.333. The number of halogens is 1. The second-order valence-corrected chi connectivity index (χ2v) is 5.13. The predicted octanol–water partition coefficient (Wildman–Crippen LogP) is 3.04. The summed E-state index contributed by atoms with van der Waals surface area (Å²) >= 11 is 1.37. The van der Waals surface area contributed by atoms with Crippen molar-refractivity contribution in [3.63, 3.8) is 0 Å². The monoisotopic (exact) mass is 249 g/mol. The van der Waals surface area contributed by atoms with Crippen molar-refractivity contribution < 1.29 is 4.39 Å². The Morgan fingerprint density at radius 1 is 1.35 bits per heavy atom. The summed E-state index contributed by atoms with van der Waals surface area (Å²) in [5, 5.41) is 8.16. The van der Waals surface area contributed by atoms with Crippen molar-refractivity contribution in [1.82, 2.24) is 9.59 Å². The van der Waals surface area contributed by atoms with Crippen molar-refractivity contribution in [2.24, 2.45) is 0 Å². The average molecular weight is 249 g/mol. The molecule has 3 nitrogen and oxygen atoms in total. The van der Waals surface area contributed by atoms with Crippen LogP contribution in [-0.2, 0) is 0 Å². The maximum absolute atomic E-state index is 13.1. The number of rotatable bonds is 3. The van der Waals surface area contributed by atoms with Gasteiger partial charge < -0.3 is 5.32 Å². The number of nitrogens with zero attached hydrogens (tertiary/aromatic N) is 2. The van der Waals surface area contributed by atoms with E-state index in [1.807, 2.05) is 6.07 Å². The van der Waals surface area contributed by atoms with Gasteiger partial charge in [-0.15, -0.1) is 5.10 Å². The van der Waals surface area contributed by atoms with E-state index in [0.29, 0.717) is 12.0 Å². The van der Waals surface area contributed by atoms with E-state index in [0.717, 1.165) is 23.4 Å². The third-order valence-corrected chi connectivity index (χ3v) is 3.76. The van der Waals surface area contributed by atoms with Crippen LogP contribution in [0.15, 0.2) is 30.5 Å². The van der Waals surface area contributed by atoms with Crippen LogP contribution in [-0.4, -0.2) is 15.6 Å². The Kier molecular flexibility index (Phi) is 2.76. The zero-order valence-corrected chi connectivity index (χ0v) is 9.95. The first-order valence-corrected chi connectivity index (χ1v) is 6.38. The number of anilines is 1. The van der Waals surface area contributed by atoms with Gasteiger partial charge in [-0.3, -0.25) is 0 Å². The van der Waals surface area contributed by atoms with Crippen molar-refractivity contribution in [2.45, 2.75) is 24.8 Å². The summed E-state index contributed by atoms with van der Waals surface area (Å²) in [5.41, 5.74) is 1.10. The molecule has 0 saturated heterocycles. The molecule has 1 aliphatic carbocycles. The molecule has 3 rings (SSSR count). The van der Waals surface area contributed by atoms with Gasteiger partial charge in [0.25, 0.3) is 0 Å². The fourth-order valence-electron chi connectivity index (χ4n) is 2.20. The van der Waals surface area contributed by atoms with Gasteiger partial charge in [-0.05, 0) is 36.5 Å². The number of nitrogens with one attached hydrogen (secondary N) is 1. The van der Waals surface area contributed by atoms with Crippen LogP contribution < -0.4 is 5.32 Å². The molecule has 0 amide bonds. The van der Waals surface area contributed by atoms with Crippen LogP contribution >= 0.6 is 11.5 Å². The largest absolute Gasteiger partial charge is 0.372 e. The lowest BCUT2D eigenvalue weighted by atomic mass is 9.76. The van der Waals surface area contributed by atoms with E-state index in [-0.39, 0.29) is 5.82 Å². The number of benzene rings is 1. The molecule has 88 valence electrons. The summed E-state index contributed by atoms with van der Waals surface area (Å²) in [5.74, 6) is 0.328. The zero-order valence-electron chi connectivity index (χ0n) is 9.14. The van der Waals surface area contributed by atoms with Crippen molar-refractivity contribution in [1.29, 1.82) is 0 Å². The highest BCUT2D eigenvalue weighted by Crippen LogP contribution is 2.38. The molecule has 0 atom stereocenters. The van der Waals surface area contributed by atoms with E-state index in [4.69, 9.17) is 0 Å². The standard InChI is InChI=1S/C12H12FN3S/c13-10-3-1-2-8(4-10)9-5-11(6-9)15-12-7-14-16-17-12/h1-4,7,9,11,15H,5-6H2. The molecule has 0 aliphatic heterocycles. The summed E-state index contributed by atoms with van der Waals surface area (Å²) in [4.78, 5) is 0. The SMILES string of the molecule is Fc1cccc(C2CC(Nc3cnns3)C2)c1. The molecule has 17 heavy (non-hydrogen) atoms. The highest BCUT2D eigenvalue weighted by atomic mass is 32.1. The first-order chi connectivity index (χ1) is 8.31. The van der Waals surface area contributed by atoms with E-state index in [9.17, 15) is 4.39 Å². The summed E-state index contributed by atoms with van der Waals surface area (Å²) in [6.45, 7) is 0. The molecule has 0 radical (unpaired) electrons. The summed E-state index contributed by atoms with van der Waals surface area (Å²) < 4.78 is 16.9. The lowest BCUT2D eigenvalue weighted by Gasteiger charge is -2.36. The first kappa shape index (κ1) is 10.7. The lowest BCUT2D eigenvalue weighted by molar-refractivity contribution is 0.373. The molecule has 1 aromatic heterocycles. The summed E-state index contributed by atoms with van der Waals surface area (Å²) in [7, 11) is 0. The Morgan fingerprint density at radius 2 is 2.24 bits per heavy atom. The predicted molar refractivity (Wildman–Crippen MR) is 65.7 cm³/mol. The molecule has 1 heterocycles. The Balaban J connectivity index is 1.58. The van der Waals surface area contributed by atoms with Crippen LogP contribution in [0.4, 0.5) is 9.39 Å². The van der Waals surface area contributed by atoms with Crippen molar-refractivity contribution in [3.8, 4) is 0 Å². The van der Waals surface area contributed by atoms with E-state index in [2.05, 4.69) is 14.9 Å². The van der Waals surface area contributed by atoms with Crippen molar-refractivity contribution in [2.75, 3.05) is 5.32 Å². The summed E-state index contributed by atoms with van der Waals surface area (Å²) in [6.07, 6.45) is 3.82. The average Bonchev–Trinajstić information content (AvgIpc) is 2.75. The normalized spacial score (nSPS) is 23.1. The number of hydrogen-bond donors (Lipinski definition) is 1. The van der Waals surface area contributed by atoms with Gasteiger partial charge >= 0.3 is 0 Å². The van der Waals surface area contributed by atoms with Crippen LogP contribution in [0.3, 0.4) is 0 Å². The minimum Gasteiger partial charge on any atom is -0.372 e. The topological polar surface area (TPSA) is 37.8 Å². The minimum absolute atomic E-state index is 0.148. The molecule has 0 unspecified atom stereocenters. The van der Waals surface area contributed by atoms with Gasteiger partial charge in [0.05, 0.1) is 6.20 Å². The number of aromatic nitrogens is 2. The van der Waals surface area contributed by atoms with Gasteiger partial charge in [0.1, 0.15) is 10.8 Å². The minimum atomic E-state index is -0.148. The van der Waals surface area contributed by atoms with Crippen LogP contribution in [0.1, 0.15) is 24.3 Å². The maximum atomic E-state index is 13.1. The molecule has 1 aromatic carbocycles. The van der Waals surface area contributed by atoms with E-state index < -0.39 is 0 Å². The van der Waals surface area contributed by atoms with Crippen molar-refractivity contribution >= 4 is 16.5 Å². The van der Waals surface area contributed by atoms with Gasteiger partial charge in [0.15, 0.2) is 0 Å². The molecule has 1 fully saturated rings. The zero-order chi connectivity index (χ0) is 11.7. The lowest BCUT2D eigenvalue weighted by Crippen LogP contribution is -2.33. The highest BCUT2D eigenvalue weighted by Gasteiger charge is 2.30. The van der Waals surface area contributed by atoms with Gasteiger partial charge in [0.2, 0.25) is 0 Å².